The van der Waals surface area contributed by atoms with Gasteiger partial charge in [0.1, 0.15) is 12.3 Å². The van der Waals surface area contributed by atoms with Gasteiger partial charge in [-0.3, -0.25) is 9.69 Å². The highest BCUT2D eigenvalue weighted by Gasteiger charge is 2.23. The normalized spacial score (nSPS) is 18.7. The van der Waals surface area contributed by atoms with Crippen LogP contribution in [0.5, 0.6) is 5.75 Å². The van der Waals surface area contributed by atoms with Crippen LogP contribution in [0.2, 0.25) is 0 Å². The Hall–Kier alpha value is -1.59. The van der Waals surface area contributed by atoms with E-state index in [0.29, 0.717) is 18.5 Å². The van der Waals surface area contributed by atoms with Crippen molar-refractivity contribution in [1.82, 2.24) is 20.9 Å². The Balaban J connectivity index is 0.00000385. The number of nitrogens with zero attached hydrogens (tertiary/aromatic N) is 2. The van der Waals surface area contributed by atoms with Crippen molar-refractivity contribution in [2.24, 2.45) is 4.99 Å². The molecule has 1 aliphatic heterocycles. The van der Waals surface area contributed by atoms with Crippen LogP contribution in [0.4, 0.5) is 0 Å². The lowest BCUT2D eigenvalue weighted by molar-refractivity contribution is -0.120. The van der Waals surface area contributed by atoms with E-state index < -0.39 is 0 Å². The van der Waals surface area contributed by atoms with Gasteiger partial charge in [-0.25, -0.2) is 4.99 Å². The van der Waals surface area contributed by atoms with Gasteiger partial charge in [0.15, 0.2) is 5.96 Å². The van der Waals surface area contributed by atoms with E-state index in [1.165, 1.54) is 24.8 Å². The van der Waals surface area contributed by atoms with E-state index in [0.717, 1.165) is 51.4 Å². The summed E-state index contributed by atoms with van der Waals surface area (Å²) in [5, 5.41) is 9.85. The first-order valence-corrected chi connectivity index (χ1v) is 12.0. The van der Waals surface area contributed by atoms with Gasteiger partial charge in [-0.15, -0.1) is 24.0 Å². The van der Waals surface area contributed by atoms with Crippen LogP contribution in [0.15, 0.2) is 29.3 Å². The van der Waals surface area contributed by atoms with Gasteiger partial charge < -0.3 is 25.4 Å². The van der Waals surface area contributed by atoms with Crippen LogP contribution in [0.3, 0.4) is 0 Å². The number of carbonyl (C=O) groups is 1. The number of morpholine rings is 1. The van der Waals surface area contributed by atoms with E-state index in [9.17, 15) is 4.79 Å². The first kappa shape index (κ1) is 27.7. The number of carbonyl (C=O) groups excluding carboxylic acids is 1. The number of halogens is 1. The molecule has 0 bridgehead atoms. The molecule has 1 aromatic rings. The molecule has 1 saturated heterocycles. The van der Waals surface area contributed by atoms with Crippen LogP contribution in [0.1, 0.15) is 50.6 Å². The smallest absolute Gasteiger partial charge is 0.242 e. The predicted molar refractivity (Wildman–Crippen MR) is 143 cm³/mol. The van der Waals surface area contributed by atoms with E-state index in [-0.39, 0.29) is 42.5 Å². The average molecular weight is 574 g/mol. The molecule has 1 saturated carbocycles. The van der Waals surface area contributed by atoms with Gasteiger partial charge in [0.25, 0.3) is 0 Å². The molecule has 1 aromatic carbocycles. The minimum absolute atomic E-state index is 0. The molecule has 2 fully saturated rings. The van der Waals surface area contributed by atoms with Crippen LogP contribution < -0.4 is 20.7 Å². The first-order chi connectivity index (χ1) is 15.7. The Kier molecular flexibility index (Phi) is 12.9. The van der Waals surface area contributed by atoms with E-state index in [1.807, 2.05) is 19.1 Å². The molecule has 0 spiro atoms. The SMILES string of the molecule is CCNC(=NCC(=O)NC1CCCCC1)NCC(c1ccc(OC)cc1)N1CCOCC1.I. The van der Waals surface area contributed by atoms with Crippen LogP contribution in [-0.2, 0) is 9.53 Å². The number of amides is 1. The molecular formula is C24H40IN5O3. The number of rotatable bonds is 9. The molecular weight excluding hydrogens is 533 g/mol. The Morgan fingerprint density at radius 2 is 1.85 bits per heavy atom. The van der Waals surface area contributed by atoms with Gasteiger partial charge in [0.05, 0.1) is 26.4 Å². The third-order valence-electron chi connectivity index (χ3n) is 6.15. The molecule has 1 amide bonds. The standard InChI is InChI=1S/C24H39N5O3.HI/c1-3-25-24(27-18-23(30)28-20-7-5-4-6-8-20)26-17-22(29-13-15-32-16-14-29)19-9-11-21(31-2)12-10-19;/h9-12,20,22H,3-8,13-18H2,1-2H3,(H,28,30)(H2,25,26,27);1H. The van der Waals surface area contributed by atoms with Crippen molar-refractivity contribution in [3.63, 3.8) is 0 Å². The number of methoxy groups -OCH3 is 1. The summed E-state index contributed by atoms with van der Waals surface area (Å²) in [7, 11) is 1.68. The van der Waals surface area contributed by atoms with Gasteiger partial charge in [-0.05, 0) is 37.5 Å². The Morgan fingerprint density at radius 3 is 2.48 bits per heavy atom. The second kappa shape index (κ2) is 15.3. The molecule has 1 unspecified atom stereocenters. The zero-order chi connectivity index (χ0) is 22.6. The minimum Gasteiger partial charge on any atom is -0.497 e. The molecule has 0 aromatic heterocycles. The summed E-state index contributed by atoms with van der Waals surface area (Å²) >= 11 is 0. The summed E-state index contributed by atoms with van der Waals surface area (Å²) in [6.45, 7) is 6.83. The highest BCUT2D eigenvalue weighted by Crippen LogP contribution is 2.23. The topological polar surface area (TPSA) is 87.2 Å². The molecule has 1 aliphatic carbocycles. The molecule has 2 aliphatic rings. The monoisotopic (exact) mass is 573 g/mol. The summed E-state index contributed by atoms with van der Waals surface area (Å²) in [6.07, 6.45) is 5.84. The van der Waals surface area contributed by atoms with Crippen molar-refractivity contribution >= 4 is 35.8 Å². The van der Waals surface area contributed by atoms with Gasteiger partial charge in [0, 0.05) is 32.2 Å². The van der Waals surface area contributed by atoms with Crippen LogP contribution >= 0.6 is 24.0 Å². The summed E-state index contributed by atoms with van der Waals surface area (Å²) in [4.78, 5) is 19.3. The van der Waals surface area contributed by atoms with Crippen molar-refractivity contribution < 1.29 is 14.3 Å². The van der Waals surface area contributed by atoms with E-state index in [4.69, 9.17) is 9.47 Å². The first-order valence-electron chi connectivity index (χ1n) is 12.0. The summed E-state index contributed by atoms with van der Waals surface area (Å²) in [5.74, 6) is 1.51. The number of nitrogens with one attached hydrogen (secondary N) is 3. The van der Waals surface area contributed by atoms with E-state index in [1.54, 1.807) is 7.11 Å². The lowest BCUT2D eigenvalue weighted by Gasteiger charge is -2.35. The number of ether oxygens (including phenoxy) is 2. The van der Waals surface area contributed by atoms with E-state index in [2.05, 4.69) is 38.0 Å². The summed E-state index contributed by atoms with van der Waals surface area (Å²) in [6, 6.07) is 8.70. The maximum absolute atomic E-state index is 12.4. The van der Waals surface area contributed by atoms with Crippen molar-refractivity contribution in [3.05, 3.63) is 29.8 Å². The van der Waals surface area contributed by atoms with Gasteiger partial charge in [-0.1, -0.05) is 31.4 Å². The number of hydrogen-bond donors (Lipinski definition) is 3. The molecule has 3 rings (SSSR count). The predicted octanol–water partition coefficient (Wildman–Crippen LogP) is 2.69. The van der Waals surface area contributed by atoms with Crippen molar-refractivity contribution in [3.8, 4) is 5.75 Å². The molecule has 8 nitrogen and oxygen atoms in total. The third kappa shape index (κ3) is 9.29. The molecule has 186 valence electrons. The highest BCUT2D eigenvalue weighted by atomic mass is 127. The summed E-state index contributed by atoms with van der Waals surface area (Å²) in [5.41, 5.74) is 1.21. The molecule has 33 heavy (non-hydrogen) atoms. The molecule has 1 heterocycles. The zero-order valence-electron chi connectivity index (χ0n) is 20.0. The van der Waals surface area contributed by atoms with Crippen LogP contribution in [0.25, 0.3) is 0 Å². The molecule has 1 atom stereocenters. The number of aliphatic imine (C=N–C) groups is 1. The average Bonchev–Trinajstić information content (AvgIpc) is 2.84. The minimum atomic E-state index is -0.00557. The van der Waals surface area contributed by atoms with Crippen molar-refractivity contribution in [1.29, 1.82) is 0 Å². The maximum atomic E-state index is 12.4. The third-order valence-corrected chi connectivity index (χ3v) is 6.15. The fourth-order valence-corrected chi connectivity index (χ4v) is 4.38. The second-order valence-corrected chi connectivity index (χ2v) is 8.42. The zero-order valence-corrected chi connectivity index (χ0v) is 22.3. The lowest BCUT2D eigenvalue weighted by Crippen LogP contribution is -2.46. The Bertz CT molecular complexity index is 719. The number of guanidine groups is 1. The Labute approximate surface area is 215 Å². The van der Waals surface area contributed by atoms with Crippen molar-refractivity contribution in [2.75, 3.05) is 53.0 Å². The molecule has 9 heteroatoms. The van der Waals surface area contributed by atoms with Gasteiger partial charge in [-0.2, -0.15) is 0 Å². The van der Waals surface area contributed by atoms with Gasteiger partial charge >= 0.3 is 0 Å². The summed E-state index contributed by atoms with van der Waals surface area (Å²) < 4.78 is 10.9. The fourth-order valence-electron chi connectivity index (χ4n) is 4.38. The highest BCUT2D eigenvalue weighted by molar-refractivity contribution is 14.0. The second-order valence-electron chi connectivity index (χ2n) is 8.42. The maximum Gasteiger partial charge on any atom is 0.242 e. The fraction of sp³-hybridized carbons (Fsp3) is 0.667. The van der Waals surface area contributed by atoms with Gasteiger partial charge in [0.2, 0.25) is 5.91 Å². The molecule has 3 N–H and O–H groups in total. The van der Waals surface area contributed by atoms with Crippen LogP contribution in [-0.4, -0.2) is 75.9 Å². The largest absolute Gasteiger partial charge is 0.497 e. The quantitative estimate of drug-likeness (QED) is 0.239. The van der Waals surface area contributed by atoms with Crippen molar-refractivity contribution in [2.45, 2.75) is 51.1 Å². The Morgan fingerprint density at radius 1 is 1.15 bits per heavy atom. The molecule has 0 radical (unpaired) electrons. The van der Waals surface area contributed by atoms with E-state index >= 15 is 0 Å². The lowest BCUT2D eigenvalue weighted by atomic mass is 9.95. The van der Waals surface area contributed by atoms with Crippen LogP contribution in [0, 0.1) is 0 Å². The number of hydrogen-bond acceptors (Lipinski definition) is 5. The number of benzene rings is 1.